The molecule has 0 saturated heterocycles. The van der Waals surface area contributed by atoms with E-state index < -0.39 is 17.2 Å². The Morgan fingerprint density at radius 3 is 2.44 bits per heavy atom. The largest absolute Gasteiger partial charge is 0.370 e. The zero-order valence-electron chi connectivity index (χ0n) is 10.3. The van der Waals surface area contributed by atoms with E-state index in [1.165, 1.54) is 13.2 Å². The van der Waals surface area contributed by atoms with Crippen molar-refractivity contribution >= 4 is 5.78 Å². The molecule has 0 atom stereocenters. The van der Waals surface area contributed by atoms with Crippen LogP contribution >= 0.6 is 0 Å². The molecule has 0 aromatic heterocycles. The smallest absolute Gasteiger partial charge is 0.197 e. The highest BCUT2D eigenvalue weighted by molar-refractivity contribution is 6.02. The summed E-state index contributed by atoms with van der Waals surface area (Å²) in [6, 6.07) is 3.03. The summed E-state index contributed by atoms with van der Waals surface area (Å²) in [5.41, 5.74) is -1.02. The molecule has 0 heterocycles. The molecule has 1 aliphatic rings. The van der Waals surface area contributed by atoms with Gasteiger partial charge >= 0.3 is 0 Å². The van der Waals surface area contributed by atoms with Crippen LogP contribution < -0.4 is 0 Å². The van der Waals surface area contributed by atoms with E-state index in [1.54, 1.807) is 0 Å². The molecule has 98 valence electrons. The predicted octanol–water partition coefficient (Wildman–Crippen LogP) is 3.50. The molecule has 0 unspecified atom stereocenters. The third-order valence-corrected chi connectivity index (χ3v) is 3.64. The van der Waals surface area contributed by atoms with Gasteiger partial charge in [-0.2, -0.15) is 0 Å². The lowest BCUT2D eigenvalue weighted by molar-refractivity contribution is -0.0197. The van der Waals surface area contributed by atoms with Crippen molar-refractivity contribution in [3.05, 3.63) is 35.4 Å². The second kappa shape index (κ2) is 5.14. The van der Waals surface area contributed by atoms with Crippen molar-refractivity contribution in [3.8, 4) is 0 Å². The monoisotopic (exact) mass is 254 g/mol. The summed E-state index contributed by atoms with van der Waals surface area (Å²) >= 11 is 0. The maximum absolute atomic E-state index is 13.6. The summed E-state index contributed by atoms with van der Waals surface area (Å²) < 4.78 is 31.9. The van der Waals surface area contributed by atoms with E-state index in [2.05, 4.69) is 0 Å². The van der Waals surface area contributed by atoms with E-state index in [9.17, 15) is 13.6 Å². The van der Waals surface area contributed by atoms with Crippen molar-refractivity contribution in [3.63, 3.8) is 0 Å². The van der Waals surface area contributed by atoms with Crippen LogP contribution in [0.5, 0.6) is 0 Å². The molecule has 0 amide bonds. The molecule has 0 N–H and O–H groups in total. The summed E-state index contributed by atoms with van der Waals surface area (Å²) in [5, 5.41) is 0. The minimum Gasteiger partial charge on any atom is -0.370 e. The summed E-state index contributed by atoms with van der Waals surface area (Å²) in [5.74, 6) is -1.87. The number of carbonyl (C=O) groups excluding carboxylic acids is 1. The fourth-order valence-corrected chi connectivity index (χ4v) is 2.57. The molecule has 0 bridgehead atoms. The average Bonchev–Trinajstić information content (AvgIpc) is 2.39. The zero-order chi connectivity index (χ0) is 13.2. The average molecular weight is 254 g/mol. The Balaban J connectivity index is 2.33. The van der Waals surface area contributed by atoms with Crippen LogP contribution in [-0.4, -0.2) is 18.5 Å². The Labute approximate surface area is 105 Å². The van der Waals surface area contributed by atoms with Gasteiger partial charge in [0.2, 0.25) is 0 Å². The molecule has 1 aromatic rings. The lowest BCUT2D eigenvalue weighted by atomic mass is 9.79. The van der Waals surface area contributed by atoms with Crippen molar-refractivity contribution in [1.82, 2.24) is 0 Å². The lowest BCUT2D eigenvalue weighted by Crippen LogP contribution is -2.43. The Kier molecular flexibility index (Phi) is 3.76. The zero-order valence-corrected chi connectivity index (χ0v) is 10.3. The second-order valence-corrected chi connectivity index (χ2v) is 4.71. The van der Waals surface area contributed by atoms with Gasteiger partial charge in [0.05, 0.1) is 5.56 Å². The molecule has 1 saturated carbocycles. The van der Waals surface area contributed by atoms with E-state index in [4.69, 9.17) is 4.74 Å². The van der Waals surface area contributed by atoms with Crippen LogP contribution in [0.1, 0.15) is 42.5 Å². The van der Waals surface area contributed by atoms with Crippen molar-refractivity contribution in [2.45, 2.75) is 37.7 Å². The number of halogens is 2. The number of benzene rings is 1. The molecule has 0 radical (unpaired) electrons. The van der Waals surface area contributed by atoms with Gasteiger partial charge in [-0.1, -0.05) is 19.3 Å². The van der Waals surface area contributed by atoms with Gasteiger partial charge in [-0.25, -0.2) is 8.78 Å². The molecule has 4 heteroatoms. The van der Waals surface area contributed by atoms with Gasteiger partial charge < -0.3 is 4.74 Å². The highest BCUT2D eigenvalue weighted by atomic mass is 19.1. The maximum Gasteiger partial charge on any atom is 0.197 e. The molecule has 1 aromatic carbocycles. The van der Waals surface area contributed by atoms with E-state index in [-0.39, 0.29) is 11.3 Å². The first kappa shape index (κ1) is 13.1. The SMILES string of the molecule is COC1(C(=O)c2ccc(F)cc2F)CCCCC1. The summed E-state index contributed by atoms with van der Waals surface area (Å²) in [6.45, 7) is 0. The van der Waals surface area contributed by atoms with Crippen LogP contribution in [0.4, 0.5) is 8.78 Å². The topological polar surface area (TPSA) is 26.3 Å². The van der Waals surface area contributed by atoms with Crippen molar-refractivity contribution in [2.24, 2.45) is 0 Å². The Morgan fingerprint density at radius 2 is 1.89 bits per heavy atom. The highest BCUT2D eigenvalue weighted by Crippen LogP contribution is 2.34. The molecular formula is C14H16F2O2. The summed E-state index contributed by atoms with van der Waals surface area (Å²) in [4.78, 5) is 12.4. The first-order valence-electron chi connectivity index (χ1n) is 6.14. The van der Waals surface area contributed by atoms with E-state index in [1.807, 2.05) is 0 Å². The Hall–Kier alpha value is -1.29. The number of ether oxygens (including phenoxy) is 1. The van der Waals surface area contributed by atoms with Gasteiger partial charge in [0.1, 0.15) is 17.2 Å². The van der Waals surface area contributed by atoms with Crippen LogP contribution in [0.15, 0.2) is 18.2 Å². The van der Waals surface area contributed by atoms with Gasteiger partial charge in [0, 0.05) is 13.2 Å². The van der Waals surface area contributed by atoms with Crippen molar-refractivity contribution in [1.29, 1.82) is 0 Å². The van der Waals surface area contributed by atoms with E-state index in [0.29, 0.717) is 12.8 Å². The number of hydrogen-bond donors (Lipinski definition) is 0. The van der Waals surface area contributed by atoms with E-state index >= 15 is 0 Å². The minimum atomic E-state index is -0.934. The predicted molar refractivity (Wildman–Crippen MR) is 63.5 cm³/mol. The number of hydrogen-bond acceptors (Lipinski definition) is 2. The maximum atomic E-state index is 13.6. The number of methoxy groups -OCH3 is 1. The lowest BCUT2D eigenvalue weighted by Gasteiger charge is -2.34. The van der Waals surface area contributed by atoms with Crippen molar-refractivity contribution in [2.75, 3.05) is 7.11 Å². The van der Waals surface area contributed by atoms with Crippen LogP contribution in [0.25, 0.3) is 0 Å². The Morgan fingerprint density at radius 1 is 1.22 bits per heavy atom. The van der Waals surface area contributed by atoms with E-state index in [0.717, 1.165) is 31.4 Å². The number of carbonyl (C=O) groups is 1. The summed E-state index contributed by atoms with van der Waals surface area (Å²) in [6.07, 6.45) is 4.04. The molecule has 0 aliphatic heterocycles. The second-order valence-electron chi connectivity index (χ2n) is 4.71. The molecule has 1 aliphatic carbocycles. The van der Waals surface area contributed by atoms with Crippen LogP contribution in [0.2, 0.25) is 0 Å². The molecule has 1 fully saturated rings. The van der Waals surface area contributed by atoms with Crippen LogP contribution in [-0.2, 0) is 4.74 Å². The van der Waals surface area contributed by atoms with Gasteiger partial charge in [-0.05, 0) is 25.0 Å². The molecule has 2 rings (SSSR count). The fourth-order valence-electron chi connectivity index (χ4n) is 2.57. The molecule has 18 heavy (non-hydrogen) atoms. The molecule has 0 spiro atoms. The van der Waals surface area contributed by atoms with Gasteiger partial charge in [0.25, 0.3) is 0 Å². The molecule has 2 nitrogen and oxygen atoms in total. The van der Waals surface area contributed by atoms with Gasteiger partial charge in [-0.15, -0.1) is 0 Å². The fraction of sp³-hybridized carbons (Fsp3) is 0.500. The van der Waals surface area contributed by atoms with Crippen molar-refractivity contribution < 1.29 is 18.3 Å². The standard InChI is InChI=1S/C14H16F2O2/c1-18-14(7-3-2-4-8-14)13(17)11-6-5-10(15)9-12(11)16/h5-6,9H,2-4,7-8H2,1H3. The minimum absolute atomic E-state index is 0.0832. The molecular weight excluding hydrogens is 238 g/mol. The number of rotatable bonds is 3. The number of ketones is 1. The Bertz CT molecular complexity index is 451. The van der Waals surface area contributed by atoms with Gasteiger partial charge in [0.15, 0.2) is 5.78 Å². The third-order valence-electron chi connectivity index (χ3n) is 3.64. The van der Waals surface area contributed by atoms with Crippen LogP contribution in [0.3, 0.4) is 0 Å². The van der Waals surface area contributed by atoms with Gasteiger partial charge in [-0.3, -0.25) is 4.79 Å². The highest BCUT2D eigenvalue weighted by Gasteiger charge is 2.40. The normalized spacial score (nSPS) is 18.6. The summed E-state index contributed by atoms with van der Waals surface area (Å²) in [7, 11) is 1.48. The quantitative estimate of drug-likeness (QED) is 0.772. The third kappa shape index (κ3) is 2.29. The van der Waals surface area contributed by atoms with Crippen LogP contribution in [0, 0.1) is 11.6 Å². The first-order chi connectivity index (χ1) is 8.59. The first-order valence-corrected chi connectivity index (χ1v) is 6.14. The number of Topliss-reactive ketones (excluding diaryl/α,β-unsaturated/α-hetero) is 1.